The average molecular weight is 219 g/mol. The van der Waals surface area contributed by atoms with E-state index >= 15 is 0 Å². The van der Waals surface area contributed by atoms with Gasteiger partial charge in [-0.2, -0.15) is 0 Å². The molecule has 0 aliphatic rings. The van der Waals surface area contributed by atoms with Gasteiger partial charge in [-0.05, 0) is 32.5 Å². The number of benzene rings is 1. The van der Waals surface area contributed by atoms with Crippen LogP contribution in [-0.2, 0) is 5.60 Å². The predicted octanol–water partition coefficient (Wildman–Crippen LogP) is 2.17. The molecular weight excluding hydrogens is 202 g/mol. The van der Waals surface area contributed by atoms with Gasteiger partial charge in [0.2, 0.25) is 0 Å². The van der Waals surface area contributed by atoms with Crippen molar-refractivity contribution in [3.8, 4) is 0 Å². The second-order valence-corrected chi connectivity index (χ2v) is 4.41. The monoisotopic (exact) mass is 219 g/mol. The predicted molar refractivity (Wildman–Crippen MR) is 64.4 cm³/mol. The Morgan fingerprint density at radius 3 is 2.81 bits per heavy atom. The van der Waals surface area contributed by atoms with Crippen LogP contribution < -0.4 is 5.32 Å². The SMILES string of the molecule is CNCC(C)(O)c1cc2cccc(C)c2o1. The number of aliphatic hydroxyl groups is 1. The van der Waals surface area contributed by atoms with Crippen LogP contribution in [-0.4, -0.2) is 18.7 Å². The molecule has 0 aliphatic heterocycles. The zero-order chi connectivity index (χ0) is 11.8. The highest BCUT2D eigenvalue weighted by molar-refractivity contribution is 5.81. The Labute approximate surface area is 95.1 Å². The van der Waals surface area contributed by atoms with Crippen LogP contribution in [0.5, 0.6) is 0 Å². The molecule has 1 unspecified atom stereocenters. The molecule has 0 bridgehead atoms. The Hall–Kier alpha value is -1.32. The van der Waals surface area contributed by atoms with Crippen molar-refractivity contribution < 1.29 is 9.52 Å². The fourth-order valence-corrected chi connectivity index (χ4v) is 1.91. The lowest BCUT2D eigenvalue weighted by atomic mass is 10.0. The van der Waals surface area contributed by atoms with Gasteiger partial charge in [0.15, 0.2) is 0 Å². The summed E-state index contributed by atoms with van der Waals surface area (Å²) in [6, 6.07) is 7.89. The lowest BCUT2D eigenvalue weighted by molar-refractivity contribution is 0.0378. The number of fused-ring (bicyclic) bond motifs is 1. The minimum atomic E-state index is -0.972. The van der Waals surface area contributed by atoms with Crippen LogP contribution in [0.2, 0.25) is 0 Å². The fraction of sp³-hybridized carbons (Fsp3) is 0.385. The van der Waals surface area contributed by atoms with Crippen LogP contribution in [0, 0.1) is 6.92 Å². The van der Waals surface area contributed by atoms with E-state index in [0.29, 0.717) is 12.3 Å². The molecule has 0 fully saturated rings. The summed E-state index contributed by atoms with van der Waals surface area (Å²) in [5.74, 6) is 0.603. The molecule has 1 heterocycles. The van der Waals surface area contributed by atoms with E-state index in [2.05, 4.69) is 5.32 Å². The van der Waals surface area contributed by atoms with Gasteiger partial charge in [0.1, 0.15) is 16.9 Å². The molecular formula is C13H17NO2. The van der Waals surface area contributed by atoms with E-state index in [4.69, 9.17) is 4.42 Å². The number of likely N-dealkylation sites (N-methyl/N-ethyl adjacent to an activating group) is 1. The Bertz CT molecular complexity index is 500. The maximum absolute atomic E-state index is 10.2. The Kier molecular flexibility index (Phi) is 2.74. The Morgan fingerprint density at radius 2 is 2.19 bits per heavy atom. The van der Waals surface area contributed by atoms with Gasteiger partial charge < -0.3 is 14.8 Å². The number of hydrogen-bond donors (Lipinski definition) is 2. The van der Waals surface area contributed by atoms with E-state index in [9.17, 15) is 5.11 Å². The van der Waals surface area contributed by atoms with Crippen LogP contribution in [0.1, 0.15) is 18.2 Å². The zero-order valence-electron chi connectivity index (χ0n) is 9.87. The van der Waals surface area contributed by atoms with Crippen molar-refractivity contribution in [2.24, 2.45) is 0 Å². The van der Waals surface area contributed by atoms with E-state index in [1.165, 1.54) is 0 Å². The first-order valence-corrected chi connectivity index (χ1v) is 5.41. The molecule has 0 amide bonds. The van der Waals surface area contributed by atoms with Gasteiger partial charge in [-0.1, -0.05) is 18.2 Å². The van der Waals surface area contributed by atoms with Gasteiger partial charge >= 0.3 is 0 Å². The first-order valence-electron chi connectivity index (χ1n) is 5.41. The molecule has 0 saturated heterocycles. The number of para-hydroxylation sites is 1. The maximum Gasteiger partial charge on any atom is 0.137 e. The second kappa shape index (κ2) is 3.92. The van der Waals surface area contributed by atoms with E-state index in [0.717, 1.165) is 16.5 Å². The number of rotatable bonds is 3. The van der Waals surface area contributed by atoms with E-state index in [1.54, 1.807) is 6.92 Å². The average Bonchev–Trinajstić information content (AvgIpc) is 2.63. The molecule has 1 aromatic heterocycles. The lowest BCUT2D eigenvalue weighted by Gasteiger charge is -2.19. The molecule has 1 atom stereocenters. The zero-order valence-corrected chi connectivity index (χ0v) is 9.87. The van der Waals surface area contributed by atoms with Gasteiger partial charge in [-0.25, -0.2) is 0 Å². The van der Waals surface area contributed by atoms with Gasteiger partial charge in [0.05, 0.1) is 0 Å². The van der Waals surface area contributed by atoms with Crippen LogP contribution in [0.4, 0.5) is 0 Å². The summed E-state index contributed by atoms with van der Waals surface area (Å²) in [7, 11) is 1.81. The maximum atomic E-state index is 10.2. The van der Waals surface area contributed by atoms with E-state index < -0.39 is 5.60 Å². The minimum Gasteiger partial charge on any atom is -0.458 e. The van der Waals surface area contributed by atoms with Crippen molar-refractivity contribution in [1.29, 1.82) is 0 Å². The number of nitrogens with one attached hydrogen (secondary N) is 1. The molecule has 2 N–H and O–H groups in total. The van der Waals surface area contributed by atoms with Crippen molar-refractivity contribution in [3.05, 3.63) is 35.6 Å². The number of hydrogen-bond acceptors (Lipinski definition) is 3. The highest BCUT2D eigenvalue weighted by atomic mass is 16.4. The first kappa shape index (κ1) is 11.2. The summed E-state index contributed by atoms with van der Waals surface area (Å²) >= 11 is 0. The van der Waals surface area contributed by atoms with Crippen LogP contribution in [0.15, 0.2) is 28.7 Å². The smallest absolute Gasteiger partial charge is 0.137 e. The van der Waals surface area contributed by atoms with Crippen LogP contribution >= 0.6 is 0 Å². The summed E-state index contributed by atoms with van der Waals surface area (Å²) < 4.78 is 5.73. The second-order valence-electron chi connectivity index (χ2n) is 4.41. The normalized spacial score (nSPS) is 15.2. The van der Waals surface area contributed by atoms with Crippen LogP contribution in [0.25, 0.3) is 11.0 Å². The summed E-state index contributed by atoms with van der Waals surface area (Å²) in [4.78, 5) is 0. The van der Waals surface area contributed by atoms with Crippen molar-refractivity contribution in [1.82, 2.24) is 5.32 Å². The molecule has 0 saturated carbocycles. The van der Waals surface area contributed by atoms with E-state index in [1.807, 2.05) is 38.2 Å². The summed E-state index contributed by atoms with van der Waals surface area (Å²) in [5, 5.41) is 14.2. The summed E-state index contributed by atoms with van der Waals surface area (Å²) in [6.07, 6.45) is 0. The largest absolute Gasteiger partial charge is 0.458 e. The third-order valence-corrected chi connectivity index (χ3v) is 2.79. The van der Waals surface area contributed by atoms with Crippen LogP contribution in [0.3, 0.4) is 0 Å². The molecule has 16 heavy (non-hydrogen) atoms. The minimum absolute atomic E-state index is 0.464. The molecule has 86 valence electrons. The third-order valence-electron chi connectivity index (χ3n) is 2.79. The highest BCUT2D eigenvalue weighted by Crippen LogP contribution is 2.29. The van der Waals surface area contributed by atoms with Crippen molar-refractivity contribution >= 4 is 11.0 Å². The molecule has 0 radical (unpaired) electrons. The molecule has 2 aromatic rings. The number of furan rings is 1. The molecule has 1 aromatic carbocycles. The lowest BCUT2D eigenvalue weighted by Crippen LogP contribution is -2.32. The first-order chi connectivity index (χ1) is 7.54. The highest BCUT2D eigenvalue weighted by Gasteiger charge is 2.26. The van der Waals surface area contributed by atoms with Gasteiger partial charge in [-0.3, -0.25) is 0 Å². The van der Waals surface area contributed by atoms with Crippen molar-refractivity contribution in [2.75, 3.05) is 13.6 Å². The summed E-state index contributed by atoms with van der Waals surface area (Å²) in [6.45, 7) is 4.21. The molecule has 2 rings (SSSR count). The van der Waals surface area contributed by atoms with Gasteiger partial charge in [0, 0.05) is 11.9 Å². The Morgan fingerprint density at radius 1 is 1.44 bits per heavy atom. The quantitative estimate of drug-likeness (QED) is 0.831. The van der Waals surface area contributed by atoms with E-state index in [-0.39, 0.29) is 0 Å². The van der Waals surface area contributed by atoms with Gasteiger partial charge in [-0.15, -0.1) is 0 Å². The van der Waals surface area contributed by atoms with Gasteiger partial charge in [0.25, 0.3) is 0 Å². The molecule has 3 nitrogen and oxygen atoms in total. The third kappa shape index (κ3) is 1.84. The van der Waals surface area contributed by atoms with Crippen molar-refractivity contribution in [2.45, 2.75) is 19.4 Å². The van der Waals surface area contributed by atoms with Crippen molar-refractivity contribution in [3.63, 3.8) is 0 Å². The standard InChI is InChI=1S/C13H17NO2/c1-9-5-4-6-10-7-11(16-12(9)10)13(2,15)8-14-3/h4-7,14-15H,8H2,1-3H3. The summed E-state index contributed by atoms with van der Waals surface area (Å²) in [5.41, 5.74) is 0.970. The topological polar surface area (TPSA) is 45.4 Å². The Balaban J connectivity index is 2.51. The molecule has 3 heteroatoms. The molecule has 0 spiro atoms. The number of aryl methyl sites for hydroxylation is 1. The fourth-order valence-electron chi connectivity index (χ4n) is 1.91. The molecule has 0 aliphatic carbocycles.